The van der Waals surface area contributed by atoms with Gasteiger partial charge < -0.3 is 5.11 Å². The molecular formula is C11H14O. The van der Waals surface area contributed by atoms with E-state index in [0.29, 0.717) is 5.75 Å². The summed E-state index contributed by atoms with van der Waals surface area (Å²) in [6, 6.07) is 7.32. The Balaban J connectivity index is 2.95. The molecule has 1 N–H and O–H groups in total. The maximum absolute atomic E-state index is 9.20. The molecule has 0 saturated heterocycles. The Kier molecular flexibility index (Phi) is 2.92. The van der Waals surface area contributed by atoms with Gasteiger partial charge in [0.05, 0.1) is 0 Å². The largest absolute Gasteiger partial charge is 0.508 e. The van der Waals surface area contributed by atoms with E-state index < -0.39 is 0 Å². The topological polar surface area (TPSA) is 20.2 Å². The van der Waals surface area contributed by atoms with Gasteiger partial charge in [-0.05, 0) is 36.6 Å². The molecule has 0 spiro atoms. The molecule has 12 heavy (non-hydrogen) atoms. The van der Waals surface area contributed by atoms with Crippen LogP contribution in [0.15, 0.2) is 30.3 Å². The van der Waals surface area contributed by atoms with Gasteiger partial charge in [0.2, 0.25) is 0 Å². The lowest BCUT2D eigenvalue weighted by Crippen LogP contribution is -1.77. The van der Waals surface area contributed by atoms with Crippen molar-refractivity contribution in [1.29, 1.82) is 0 Å². The first-order chi connectivity index (χ1) is 5.74. The van der Waals surface area contributed by atoms with Crippen molar-refractivity contribution in [2.24, 2.45) is 0 Å². The van der Waals surface area contributed by atoms with Gasteiger partial charge in [0.25, 0.3) is 0 Å². The molecule has 0 amide bonds. The minimum atomic E-state index is 0.330. The predicted octanol–water partition coefficient (Wildman–Crippen LogP) is 3.21. The Morgan fingerprint density at radius 2 is 2.25 bits per heavy atom. The third kappa shape index (κ3) is 2.12. The molecule has 0 bridgehead atoms. The lowest BCUT2D eigenvalue weighted by atomic mass is 10.1. The summed E-state index contributed by atoms with van der Waals surface area (Å²) in [5.41, 5.74) is 2.31. The van der Waals surface area contributed by atoms with Gasteiger partial charge in [0, 0.05) is 0 Å². The molecular weight excluding hydrogens is 148 g/mol. The summed E-state index contributed by atoms with van der Waals surface area (Å²) in [7, 11) is 0. The number of phenols is 1. The molecule has 1 aromatic carbocycles. The molecule has 0 saturated carbocycles. The van der Waals surface area contributed by atoms with Gasteiger partial charge in [-0.25, -0.2) is 0 Å². The van der Waals surface area contributed by atoms with Crippen LogP contribution in [0.5, 0.6) is 5.75 Å². The highest BCUT2D eigenvalue weighted by Crippen LogP contribution is 2.18. The summed E-state index contributed by atoms with van der Waals surface area (Å²) in [5.74, 6) is 0.330. The van der Waals surface area contributed by atoms with Crippen LogP contribution in [0, 0.1) is 0 Å². The van der Waals surface area contributed by atoms with Crippen LogP contribution in [0.2, 0.25) is 0 Å². The summed E-state index contributed by atoms with van der Waals surface area (Å²) in [6.07, 6.45) is 3.18. The van der Waals surface area contributed by atoms with Crippen LogP contribution in [-0.2, 0) is 0 Å². The van der Waals surface area contributed by atoms with E-state index in [9.17, 15) is 5.11 Å². The number of aromatic hydroxyl groups is 1. The summed E-state index contributed by atoms with van der Waals surface area (Å²) in [4.78, 5) is 0. The van der Waals surface area contributed by atoms with E-state index in [0.717, 1.165) is 12.0 Å². The smallest absolute Gasteiger partial charge is 0.116 e. The van der Waals surface area contributed by atoms with Gasteiger partial charge in [-0.3, -0.25) is 0 Å². The van der Waals surface area contributed by atoms with E-state index in [-0.39, 0.29) is 0 Å². The van der Waals surface area contributed by atoms with Crippen LogP contribution >= 0.6 is 0 Å². The fraction of sp³-hybridized carbons (Fsp3) is 0.273. The Labute approximate surface area is 73.4 Å². The maximum atomic E-state index is 9.20. The predicted molar refractivity (Wildman–Crippen MR) is 52.0 cm³/mol. The number of allylic oxidation sites excluding steroid dienone is 2. The number of hydrogen-bond donors (Lipinski definition) is 1. The fourth-order valence-corrected chi connectivity index (χ4v) is 1.18. The van der Waals surface area contributed by atoms with Crippen LogP contribution < -0.4 is 0 Å². The van der Waals surface area contributed by atoms with E-state index in [1.54, 1.807) is 12.1 Å². The van der Waals surface area contributed by atoms with Crippen molar-refractivity contribution in [1.82, 2.24) is 0 Å². The first-order valence-electron chi connectivity index (χ1n) is 4.20. The molecule has 1 rings (SSSR count). The van der Waals surface area contributed by atoms with Crippen LogP contribution in [-0.4, -0.2) is 5.11 Å². The zero-order chi connectivity index (χ0) is 8.97. The molecule has 0 fully saturated rings. The Bertz CT molecular complexity index is 287. The molecule has 0 radical (unpaired) electrons. The van der Waals surface area contributed by atoms with Crippen LogP contribution in [0.4, 0.5) is 0 Å². The van der Waals surface area contributed by atoms with Crippen molar-refractivity contribution in [3.8, 4) is 5.75 Å². The second-order valence-corrected chi connectivity index (χ2v) is 2.85. The van der Waals surface area contributed by atoms with Crippen molar-refractivity contribution in [2.75, 3.05) is 0 Å². The summed E-state index contributed by atoms with van der Waals surface area (Å²) < 4.78 is 0. The second-order valence-electron chi connectivity index (χ2n) is 2.85. The van der Waals surface area contributed by atoms with E-state index >= 15 is 0 Å². The molecule has 64 valence electrons. The lowest BCUT2D eigenvalue weighted by Gasteiger charge is -2.00. The minimum absolute atomic E-state index is 0.330. The average molecular weight is 162 g/mol. The molecule has 0 aliphatic rings. The van der Waals surface area contributed by atoms with E-state index in [2.05, 4.69) is 19.9 Å². The standard InChI is InChI=1S/C11H14O/c1-3-5-9(2)10-6-4-7-11(12)8-10/h4-8,12H,3H2,1-2H3. The molecule has 0 aliphatic heterocycles. The molecule has 1 heteroatoms. The number of benzene rings is 1. The SMILES string of the molecule is CCC=C(C)c1cccc(O)c1. The third-order valence-corrected chi connectivity index (χ3v) is 1.81. The summed E-state index contributed by atoms with van der Waals surface area (Å²) in [6.45, 7) is 4.16. The van der Waals surface area contributed by atoms with Gasteiger partial charge in [-0.15, -0.1) is 0 Å². The highest BCUT2D eigenvalue weighted by molar-refractivity contribution is 5.64. The molecule has 0 atom stereocenters. The average Bonchev–Trinajstić information content (AvgIpc) is 2.05. The van der Waals surface area contributed by atoms with Crippen molar-refractivity contribution in [3.63, 3.8) is 0 Å². The van der Waals surface area contributed by atoms with Crippen molar-refractivity contribution in [3.05, 3.63) is 35.9 Å². The monoisotopic (exact) mass is 162 g/mol. The molecule has 0 aromatic heterocycles. The highest BCUT2D eigenvalue weighted by atomic mass is 16.3. The summed E-state index contributed by atoms with van der Waals surface area (Å²) in [5, 5.41) is 9.20. The van der Waals surface area contributed by atoms with Crippen LogP contribution in [0.1, 0.15) is 25.8 Å². The Morgan fingerprint density at radius 1 is 1.50 bits per heavy atom. The maximum Gasteiger partial charge on any atom is 0.116 e. The zero-order valence-corrected chi connectivity index (χ0v) is 7.54. The fourth-order valence-electron chi connectivity index (χ4n) is 1.18. The van der Waals surface area contributed by atoms with E-state index in [1.807, 2.05) is 12.1 Å². The second kappa shape index (κ2) is 3.96. The van der Waals surface area contributed by atoms with Crippen molar-refractivity contribution >= 4 is 5.57 Å². The van der Waals surface area contributed by atoms with Crippen LogP contribution in [0.3, 0.4) is 0 Å². The molecule has 0 heterocycles. The summed E-state index contributed by atoms with van der Waals surface area (Å²) >= 11 is 0. The van der Waals surface area contributed by atoms with Crippen LogP contribution in [0.25, 0.3) is 5.57 Å². The molecule has 0 unspecified atom stereocenters. The third-order valence-electron chi connectivity index (χ3n) is 1.81. The first kappa shape index (κ1) is 8.85. The van der Waals surface area contributed by atoms with E-state index in [1.165, 1.54) is 5.57 Å². The number of rotatable bonds is 2. The van der Waals surface area contributed by atoms with Gasteiger partial charge in [0.15, 0.2) is 0 Å². The molecule has 1 aromatic rings. The highest BCUT2D eigenvalue weighted by Gasteiger charge is 1.94. The zero-order valence-electron chi connectivity index (χ0n) is 7.54. The van der Waals surface area contributed by atoms with Gasteiger partial charge in [-0.1, -0.05) is 25.1 Å². The van der Waals surface area contributed by atoms with Crippen molar-refractivity contribution in [2.45, 2.75) is 20.3 Å². The van der Waals surface area contributed by atoms with E-state index in [4.69, 9.17) is 0 Å². The van der Waals surface area contributed by atoms with Crippen molar-refractivity contribution < 1.29 is 5.11 Å². The Hall–Kier alpha value is -1.24. The van der Waals surface area contributed by atoms with Gasteiger partial charge >= 0.3 is 0 Å². The number of phenolic OH excluding ortho intramolecular Hbond substituents is 1. The Morgan fingerprint density at radius 3 is 2.83 bits per heavy atom. The minimum Gasteiger partial charge on any atom is -0.508 e. The molecule has 0 aliphatic carbocycles. The lowest BCUT2D eigenvalue weighted by molar-refractivity contribution is 0.475. The normalized spacial score (nSPS) is 11.7. The van der Waals surface area contributed by atoms with Gasteiger partial charge in [-0.2, -0.15) is 0 Å². The van der Waals surface area contributed by atoms with Gasteiger partial charge in [0.1, 0.15) is 5.75 Å². The quantitative estimate of drug-likeness (QED) is 0.708. The number of hydrogen-bond acceptors (Lipinski definition) is 1. The molecule has 1 nitrogen and oxygen atoms in total. The first-order valence-corrected chi connectivity index (χ1v) is 4.20.